The predicted molar refractivity (Wildman–Crippen MR) is 97.4 cm³/mol. The SMILES string of the molecule is O=Cc1cc2nc3ccccc3cc2c2cc3ccccc3nc12. The lowest BCUT2D eigenvalue weighted by Gasteiger charge is -2.09. The molecule has 0 radical (unpaired) electrons. The van der Waals surface area contributed by atoms with Crippen molar-refractivity contribution in [2.24, 2.45) is 0 Å². The van der Waals surface area contributed by atoms with Crippen molar-refractivity contribution in [3.8, 4) is 0 Å². The molecule has 0 unspecified atom stereocenters. The van der Waals surface area contributed by atoms with Crippen LogP contribution in [0.15, 0.2) is 66.7 Å². The summed E-state index contributed by atoms with van der Waals surface area (Å²) in [5.74, 6) is 0. The minimum absolute atomic E-state index is 0.575. The van der Waals surface area contributed by atoms with Crippen LogP contribution < -0.4 is 0 Å². The van der Waals surface area contributed by atoms with Gasteiger partial charge in [0.25, 0.3) is 0 Å². The van der Waals surface area contributed by atoms with Gasteiger partial charge in [-0.25, -0.2) is 9.97 Å². The van der Waals surface area contributed by atoms with E-state index >= 15 is 0 Å². The number of benzene rings is 3. The standard InChI is InChI=1S/C21H12N2O/c24-12-15-11-20-16(9-13-5-1-3-7-18(13)22-20)17-10-14-6-2-4-8-19(14)23-21(15)17/h1-12H. The van der Waals surface area contributed by atoms with Crippen LogP contribution in [0.4, 0.5) is 0 Å². The molecule has 0 bridgehead atoms. The van der Waals surface area contributed by atoms with Crippen molar-refractivity contribution in [1.82, 2.24) is 9.97 Å². The Kier molecular flexibility index (Phi) is 2.65. The predicted octanol–water partition coefficient (Wildman–Crippen LogP) is 4.90. The zero-order chi connectivity index (χ0) is 16.1. The highest BCUT2D eigenvalue weighted by Gasteiger charge is 2.11. The Labute approximate surface area is 137 Å². The second-order valence-corrected chi connectivity index (χ2v) is 5.91. The maximum atomic E-state index is 11.6. The largest absolute Gasteiger partial charge is 0.298 e. The molecule has 0 fully saturated rings. The second-order valence-electron chi connectivity index (χ2n) is 5.91. The van der Waals surface area contributed by atoms with E-state index in [1.54, 1.807) is 0 Å². The minimum atomic E-state index is 0.575. The number of aldehydes is 1. The van der Waals surface area contributed by atoms with Crippen LogP contribution in [-0.2, 0) is 0 Å². The van der Waals surface area contributed by atoms with Crippen molar-refractivity contribution >= 4 is 49.9 Å². The van der Waals surface area contributed by atoms with Crippen LogP contribution in [0, 0.1) is 0 Å². The Balaban J connectivity index is 2.05. The van der Waals surface area contributed by atoms with E-state index in [0.717, 1.165) is 49.9 Å². The number of fused-ring (bicyclic) bond motifs is 5. The maximum Gasteiger partial charge on any atom is 0.152 e. The third-order valence-corrected chi connectivity index (χ3v) is 4.46. The lowest BCUT2D eigenvalue weighted by Crippen LogP contribution is -1.92. The summed E-state index contributed by atoms with van der Waals surface area (Å²) < 4.78 is 0. The molecular formula is C21H12N2O. The molecular weight excluding hydrogens is 296 g/mol. The third-order valence-electron chi connectivity index (χ3n) is 4.46. The molecule has 3 nitrogen and oxygen atoms in total. The average Bonchev–Trinajstić information content (AvgIpc) is 2.64. The van der Waals surface area contributed by atoms with Crippen LogP contribution in [0.5, 0.6) is 0 Å². The first-order valence-electron chi connectivity index (χ1n) is 7.81. The quantitative estimate of drug-likeness (QED) is 0.251. The molecule has 3 heteroatoms. The van der Waals surface area contributed by atoms with E-state index in [4.69, 9.17) is 9.97 Å². The van der Waals surface area contributed by atoms with Crippen molar-refractivity contribution in [2.45, 2.75) is 0 Å². The molecule has 5 aromatic rings. The van der Waals surface area contributed by atoms with Gasteiger partial charge in [-0.1, -0.05) is 36.4 Å². The van der Waals surface area contributed by atoms with E-state index < -0.39 is 0 Å². The van der Waals surface area contributed by atoms with Crippen LogP contribution in [-0.4, -0.2) is 16.3 Å². The summed E-state index contributed by atoms with van der Waals surface area (Å²) in [6, 6.07) is 22.0. The van der Waals surface area contributed by atoms with Gasteiger partial charge in [-0.15, -0.1) is 0 Å². The molecule has 0 spiro atoms. The number of rotatable bonds is 1. The van der Waals surface area contributed by atoms with Gasteiger partial charge in [-0.3, -0.25) is 4.79 Å². The third kappa shape index (κ3) is 1.82. The Morgan fingerprint density at radius 1 is 0.667 bits per heavy atom. The van der Waals surface area contributed by atoms with E-state index in [2.05, 4.69) is 18.2 Å². The number of carbonyl (C=O) groups is 1. The van der Waals surface area contributed by atoms with E-state index in [1.807, 2.05) is 48.5 Å². The summed E-state index contributed by atoms with van der Waals surface area (Å²) in [6.45, 7) is 0. The Bertz CT molecular complexity index is 1270. The molecule has 0 saturated heterocycles. The Morgan fingerprint density at radius 3 is 2.00 bits per heavy atom. The molecule has 0 aliphatic carbocycles. The van der Waals surface area contributed by atoms with E-state index in [-0.39, 0.29) is 0 Å². The number of para-hydroxylation sites is 2. The normalized spacial score (nSPS) is 11.5. The zero-order valence-corrected chi connectivity index (χ0v) is 12.7. The first-order chi connectivity index (χ1) is 11.8. The molecule has 0 N–H and O–H groups in total. The summed E-state index contributed by atoms with van der Waals surface area (Å²) in [5, 5.41) is 4.12. The van der Waals surface area contributed by atoms with Crippen LogP contribution >= 0.6 is 0 Å². The monoisotopic (exact) mass is 308 g/mol. The topological polar surface area (TPSA) is 42.9 Å². The fourth-order valence-corrected chi connectivity index (χ4v) is 3.30. The van der Waals surface area contributed by atoms with Crippen molar-refractivity contribution in [3.63, 3.8) is 0 Å². The van der Waals surface area contributed by atoms with Gasteiger partial charge < -0.3 is 0 Å². The van der Waals surface area contributed by atoms with E-state index in [9.17, 15) is 4.79 Å². The second kappa shape index (κ2) is 4.83. The van der Waals surface area contributed by atoms with Gasteiger partial charge in [0.2, 0.25) is 0 Å². The average molecular weight is 308 g/mol. The minimum Gasteiger partial charge on any atom is -0.298 e. The zero-order valence-electron chi connectivity index (χ0n) is 12.7. The molecule has 112 valence electrons. The lowest BCUT2D eigenvalue weighted by molar-refractivity contribution is 0.112. The first-order valence-corrected chi connectivity index (χ1v) is 7.81. The van der Waals surface area contributed by atoms with Gasteiger partial charge in [0, 0.05) is 27.1 Å². The Hall–Kier alpha value is -3.33. The molecule has 0 atom stereocenters. The molecule has 0 aliphatic rings. The number of pyridine rings is 2. The number of hydrogen-bond donors (Lipinski definition) is 0. The molecule has 2 aromatic heterocycles. The van der Waals surface area contributed by atoms with Gasteiger partial charge in [0.05, 0.1) is 22.1 Å². The van der Waals surface area contributed by atoms with Gasteiger partial charge in [-0.05, 0) is 30.3 Å². The summed E-state index contributed by atoms with van der Waals surface area (Å²) in [7, 11) is 0. The lowest BCUT2D eigenvalue weighted by atomic mass is 10.0. The van der Waals surface area contributed by atoms with Crippen LogP contribution in [0.1, 0.15) is 10.4 Å². The van der Waals surface area contributed by atoms with Gasteiger partial charge >= 0.3 is 0 Å². The fourth-order valence-electron chi connectivity index (χ4n) is 3.30. The van der Waals surface area contributed by atoms with Crippen LogP contribution in [0.3, 0.4) is 0 Å². The number of nitrogens with zero attached hydrogens (tertiary/aromatic N) is 2. The summed E-state index contributed by atoms with van der Waals surface area (Å²) in [5.41, 5.74) is 3.94. The molecule has 0 aliphatic heterocycles. The summed E-state index contributed by atoms with van der Waals surface area (Å²) in [6.07, 6.45) is 0.862. The summed E-state index contributed by atoms with van der Waals surface area (Å²) >= 11 is 0. The van der Waals surface area contributed by atoms with Crippen molar-refractivity contribution < 1.29 is 4.79 Å². The van der Waals surface area contributed by atoms with Crippen LogP contribution in [0.2, 0.25) is 0 Å². The maximum absolute atomic E-state index is 11.6. The number of hydrogen-bond acceptors (Lipinski definition) is 3. The Morgan fingerprint density at radius 2 is 1.29 bits per heavy atom. The van der Waals surface area contributed by atoms with Crippen molar-refractivity contribution in [1.29, 1.82) is 0 Å². The van der Waals surface area contributed by atoms with Gasteiger partial charge in [0.1, 0.15) is 0 Å². The molecule has 0 amide bonds. The van der Waals surface area contributed by atoms with Crippen LogP contribution in [0.25, 0.3) is 43.6 Å². The first kappa shape index (κ1) is 13.1. The highest BCUT2D eigenvalue weighted by atomic mass is 16.1. The molecule has 24 heavy (non-hydrogen) atoms. The van der Waals surface area contributed by atoms with Gasteiger partial charge in [0.15, 0.2) is 6.29 Å². The molecule has 3 aromatic carbocycles. The smallest absolute Gasteiger partial charge is 0.152 e. The van der Waals surface area contributed by atoms with E-state index in [1.165, 1.54) is 0 Å². The number of carbonyl (C=O) groups excluding carboxylic acids is 1. The van der Waals surface area contributed by atoms with Crippen molar-refractivity contribution in [2.75, 3.05) is 0 Å². The van der Waals surface area contributed by atoms with E-state index in [0.29, 0.717) is 5.56 Å². The van der Waals surface area contributed by atoms with Crippen molar-refractivity contribution in [3.05, 3.63) is 72.3 Å². The fraction of sp³-hybridized carbons (Fsp3) is 0. The highest BCUT2D eigenvalue weighted by molar-refractivity contribution is 6.15. The molecule has 5 rings (SSSR count). The highest BCUT2D eigenvalue weighted by Crippen LogP contribution is 2.30. The molecule has 0 saturated carbocycles. The number of aromatic nitrogens is 2. The summed E-state index contributed by atoms with van der Waals surface area (Å²) in [4.78, 5) is 21.0. The molecule has 2 heterocycles. The van der Waals surface area contributed by atoms with Gasteiger partial charge in [-0.2, -0.15) is 0 Å².